The molecular formula is C26H34N2O3. The molecule has 0 aromatic rings. The Morgan fingerprint density at radius 3 is 2.10 bits per heavy atom. The minimum absolute atomic E-state index is 0.0225. The first-order chi connectivity index (χ1) is 14.5. The Bertz CT molecular complexity index is 929. The molecule has 0 aromatic heterocycles. The zero-order chi connectivity index (χ0) is 23.3. The summed E-state index contributed by atoms with van der Waals surface area (Å²) in [5.41, 5.74) is 5.15. The third-order valence-corrected chi connectivity index (χ3v) is 5.93. The molecule has 0 unspecified atom stereocenters. The van der Waals surface area contributed by atoms with Crippen molar-refractivity contribution >= 4 is 17.8 Å². The van der Waals surface area contributed by atoms with E-state index in [4.69, 9.17) is 0 Å². The molecule has 0 atom stereocenters. The van der Waals surface area contributed by atoms with Crippen molar-refractivity contribution < 1.29 is 14.4 Å². The number of urea groups is 1. The topological polar surface area (TPSA) is 57.7 Å². The van der Waals surface area contributed by atoms with Crippen LogP contribution in [-0.2, 0) is 9.59 Å². The Labute approximate surface area is 186 Å². The van der Waals surface area contributed by atoms with Crippen LogP contribution in [-0.4, -0.2) is 41.7 Å². The summed E-state index contributed by atoms with van der Waals surface area (Å²) in [6.45, 7) is 10.8. The Hall–Kier alpha value is -2.95. The summed E-state index contributed by atoms with van der Waals surface area (Å²) >= 11 is 0. The zero-order valence-electron chi connectivity index (χ0n) is 19.8. The number of allylic oxidation sites excluding steroid dienone is 11. The maximum absolute atomic E-state index is 12.2. The summed E-state index contributed by atoms with van der Waals surface area (Å²) in [5, 5.41) is 0. The highest BCUT2D eigenvalue weighted by Crippen LogP contribution is 2.40. The summed E-state index contributed by atoms with van der Waals surface area (Å²) in [5.74, 6) is -1.17. The summed E-state index contributed by atoms with van der Waals surface area (Å²) in [7, 11) is 2.73. The van der Waals surface area contributed by atoms with E-state index in [1.807, 2.05) is 25.2 Å². The lowest BCUT2D eigenvalue weighted by molar-refractivity contribution is -0.134. The number of rotatable bonds is 5. The van der Waals surface area contributed by atoms with Crippen molar-refractivity contribution in [2.45, 2.75) is 53.9 Å². The first-order valence-corrected chi connectivity index (χ1v) is 10.7. The van der Waals surface area contributed by atoms with Crippen molar-refractivity contribution in [3.05, 3.63) is 70.4 Å². The van der Waals surface area contributed by atoms with E-state index in [2.05, 4.69) is 39.8 Å². The fourth-order valence-corrected chi connectivity index (χ4v) is 3.90. The average molecular weight is 423 g/mol. The van der Waals surface area contributed by atoms with Crippen molar-refractivity contribution in [3.63, 3.8) is 0 Å². The number of hydrogen-bond donors (Lipinski definition) is 0. The molecule has 0 saturated carbocycles. The molecule has 0 radical (unpaired) electrons. The Kier molecular flexibility index (Phi) is 7.77. The predicted octanol–water partition coefficient (Wildman–Crippen LogP) is 5.49. The van der Waals surface area contributed by atoms with Crippen LogP contribution in [0.2, 0.25) is 0 Å². The third kappa shape index (κ3) is 5.81. The molecule has 1 aliphatic heterocycles. The van der Waals surface area contributed by atoms with Crippen LogP contribution in [0.1, 0.15) is 53.9 Å². The molecule has 0 N–H and O–H groups in total. The van der Waals surface area contributed by atoms with Crippen LogP contribution < -0.4 is 0 Å². The molecule has 0 aromatic carbocycles. The van der Waals surface area contributed by atoms with Gasteiger partial charge in [-0.25, -0.2) is 4.79 Å². The molecule has 2 rings (SSSR count). The lowest BCUT2D eigenvalue weighted by atomic mass is 9.72. The molecule has 2 aliphatic rings. The summed E-state index contributed by atoms with van der Waals surface area (Å²) < 4.78 is 0. The fraction of sp³-hybridized carbons (Fsp3) is 0.423. The minimum atomic E-state index is -0.621. The fourth-order valence-electron chi connectivity index (χ4n) is 3.90. The summed E-state index contributed by atoms with van der Waals surface area (Å²) in [4.78, 5) is 38.1. The first kappa shape index (κ1) is 24.3. The number of barbiturate groups is 1. The van der Waals surface area contributed by atoms with Crippen molar-refractivity contribution in [1.82, 2.24) is 9.80 Å². The van der Waals surface area contributed by atoms with Crippen LogP contribution in [0, 0.1) is 5.41 Å². The largest absolute Gasteiger partial charge is 0.333 e. The molecule has 5 heteroatoms. The van der Waals surface area contributed by atoms with E-state index < -0.39 is 17.8 Å². The van der Waals surface area contributed by atoms with Gasteiger partial charge in [0.05, 0.1) is 0 Å². The quantitative estimate of drug-likeness (QED) is 0.334. The lowest BCUT2D eigenvalue weighted by Gasteiger charge is -2.32. The number of hydrogen-bond acceptors (Lipinski definition) is 3. The van der Waals surface area contributed by atoms with Gasteiger partial charge in [0, 0.05) is 14.1 Å². The molecule has 0 spiro atoms. The van der Waals surface area contributed by atoms with Crippen LogP contribution in [0.5, 0.6) is 0 Å². The number of imide groups is 2. The van der Waals surface area contributed by atoms with E-state index in [1.54, 1.807) is 6.08 Å². The highest BCUT2D eigenvalue weighted by Gasteiger charge is 2.37. The smallest absolute Gasteiger partial charge is 0.268 e. The minimum Gasteiger partial charge on any atom is -0.268 e. The van der Waals surface area contributed by atoms with Crippen molar-refractivity contribution in [1.29, 1.82) is 0 Å². The number of likely N-dealkylation sites (N-methyl/N-ethyl adjacent to an activating group) is 2. The molecule has 5 nitrogen and oxygen atoms in total. The molecule has 1 saturated heterocycles. The van der Waals surface area contributed by atoms with Gasteiger partial charge in [-0.2, -0.15) is 0 Å². The number of carbonyl (C=O) groups is 3. The Balaban J connectivity index is 2.09. The highest BCUT2D eigenvalue weighted by molar-refractivity contribution is 6.28. The Morgan fingerprint density at radius 2 is 1.52 bits per heavy atom. The Morgan fingerprint density at radius 1 is 0.935 bits per heavy atom. The second-order valence-electron chi connectivity index (χ2n) is 9.04. The maximum atomic E-state index is 12.2. The van der Waals surface area contributed by atoms with Gasteiger partial charge in [0.15, 0.2) is 0 Å². The van der Waals surface area contributed by atoms with Crippen molar-refractivity contribution in [3.8, 4) is 0 Å². The SMILES string of the molecule is CC1=C(/C=C/C(C)=C/C=C/C(C)=C/C=C2C(=O)N(C)C(=O)N(C)C2=O)C(C)(C)CCC1. The van der Waals surface area contributed by atoms with Crippen LogP contribution in [0.15, 0.2) is 70.4 Å². The van der Waals surface area contributed by atoms with E-state index in [-0.39, 0.29) is 11.0 Å². The summed E-state index contributed by atoms with van der Waals surface area (Å²) in [6, 6.07) is -0.621. The van der Waals surface area contributed by atoms with E-state index in [0.29, 0.717) is 0 Å². The van der Waals surface area contributed by atoms with Crippen molar-refractivity contribution in [2.75, 3.05) is 14.1 Å². The van der Waals surface area contributed by atoms with E-state index >= 15 is 0 Å². The molecule has 0 bridgehead atoms. The molecular weight excluding hydrogens is 388 g/mol. The van der Waals surface area contributed by atoms with Gasteiger partial charge in [-0.3, -0.25) is 19.4 Å². The van der Waals surface area contributed by atoms with Gasteiger partial charge >= 0.3 is 6.03 Å². The molecule has 1 fully saturated rings. The number of nitrogens with zero attached hydrogens (tertiary/aromatic N) is 2. The molecule has 31 heavy (non-hydrogen) atoms. The van der Waals surface area contributed by atoms with Gasteiger partial charge < -0.3 is 0 Å². The monoisotopic (exact) mass is 422 g/mol. The van der Waals surface area contributed by atoms with E-state index in [1.165, 1.54) is 50.6 Å². The first-order valence-electron chi connectivity index (χ1n) is 10.7. The molecule has 4 amide bonds. The summed E-state index contributed by atoms with van der Waals surface area (Å²) in [6.07, 6.45) is 17.1. The average Bonchev–Trinajstić information content (AvgIpc) is 2.70. The highest BCUT2D eigenvalue weighted by atomic mass is 16.2. The van der Waals surface area contributed by atoms with E-state index in [9.17, 15) is 14.4 Å². The van der Waals surface area contributed by atoms with Crippen LogP contribution in [0.3, 0.4) is 0 Å². The van der Waals surface area contributed by atoms with Gasteiger partial charge in [0.25, 0.3) is 11.8 Å². The molecule has 1 aliphatic carbocycles. The van der Waals surface area contributed by atoms with Crippen LogP contribution in [0.4, 0.5) is 4.79 Å². The maximum Gasteiger partial charge on any atom is 0.333 e. The van der Waals surface area contributed by atoms with Crippen molar-refractivity contribution in [2.24, 2.45) is 5.41 Å². The van der Waals surface area contributed by atoms with E-state index in [0.717, 1.165) is 20.9 Å². The zero-order valence-corrected chi connectivity index (χ0v) is 19.8. The normalized spacial score (nSPS) is 21.3. The second-order valence-corrected chi connectivity index (χ2v) is 9.04. The standard InChI is InChI=1S/C26H34N2O3/c1-18(13-15-21-23(29)27(6)25(31)28(7)24(21)30)10-8-11-19(2)14-16-22-20(3)12-9-17-26(22,4)5/h8,10-11,13-16H,9,12,17H2,1-7H3/b10-8+,16-14+,18-13+,19-11+. The van der Waals surface area contributed by atoms with Gasteiger partial charge in [0.2, 0.25) is 0 Å². The lowest BCUT2D eigenvalue weighted by Crippen LogP contribution is -2.52. The second kappa shape index (κ2) is 9.90. The van der Waals surface area contributed by atoms with Gasteiger partial charge in [-0.15, -0.1) is 0 Å². The van der Waals surface area contributed by atoms with Crippen LogP contribution >= 0.6 is 0 Å². The van der Waals surface area contributed by atoms with Gasteiger partial charge in [0.1, 0.15) is 5.57 Å². The number of amides is 4. The van der Waals surface area contributed by atoms with Gasteiger partial charge in [-0.1, -0.05) is 67.0 Å². The van der Waals surface area contributed by atoms with Crippen LogP contribution in [0.25, 0.3) is 0 Å². The number of carbonyl (C=O) groups excluding carboxylic acids is 3. The van der Waals surface area contributed by atoms with Gasteiger partial charge in [-0.05, 0) is 57.1 Å². The predicted molar refractivity (Wildman–Crippen MR) is 125 cm³/mol. The molecule has 166 valence electrons. The molecule has 1 heterocycles. The third-order valence-electron chi connectivity index (χ3n) is 5.93.